The van der Waals surface area contributed by atoms with Crippen LogP contribution in [0.1, 0.15) is 21.9 Å². The zero-order valence-corrected chi connectivity index (χ0v) is 11.4. The van der Waals surface area contributed by atoms with Crippen molar-refractivity contribution in [3.05, 3.63) is 59.7 Å². The van der Waals surface area contributed by atoms with Crippen LogP contribution in [0.3, 0.4) is 0 Å². The highest BCUT2D eigenvalue weighted by Crippen LogP contribution is 2.19. The van der Waals surface area contributed by atoms with Crippen LogP contribution >= 0.6 is 0 Å². The van der Waals surface area contributed by atoms with E-state index in [1.54, 1.807) is 18.3 Å². The molecule has 0 bridgehead atoms. The van der Waals surface area contributed by atoms with Gasteiger partial charge in [-0.05, 0) is 31.2 Å². The number of nitrogens with one attached hydrogen (secondary N) is 1. The number of carbonyl (C=O) groups is 1. The fourth-order valence-electron chi connectivity index (χ4n) is 1.87. The molecule has 0 unspecified atom stereocenters. The Bertz CT molecular complexity index is 747. The molecular weight excluding hydrogens is 270 g/mol. The number of aromatic amines is 1. The van der Waals surface area contributed by atoms with Gasteiger partial charge in [-0.3, -0.25) is 0 Å². The lowest BCUT2D eigenvalue weighted by molar-refractivity contribution is 0.0432. The zero-order valence-electron chi connectivity index (χ0n) is 11.4. The Hall–Kier alpha value is -2.89. The Morgan fingerprint density at radius 3 is 2.95 bits per heavy atom. The Balaban J connectivity index is 1.67. The SMILES string of the molecule is Cc1cccc(-c2nnc(COC(=O)c3ccc[nH]3)o2)c1. The second-order valence-electron chi connectivity index (χ2n) is 4.53. The molecule has 3 rings (SSSR count). The van der Waals surface area contributed by atoms with Gasteiger partial charge in [-0.15, -0.1) is 10.2 Å². The number of ether oxygens (including phenoxy) is 1. The summed E-state index contributed by atoms with van der Waals surface area (Å²) >= 11 is 0. The van der Waals surface area contributed by atoms with Crippen LogP contribution in [0.2, 0.25) is 0 Å². The number of hydrogen-bond acceptors (Lipinski definition) is 5. The third kappa shape index (κ3) is 3.00. The van der Waals surface area contributed by atoms with E-state index in [0.717, 1.165) is 11.1 Å². The van der Waals surface area contributed by atoms with Gasteiger partial charge in [-0.25, -0.2) is 4.79 Å². The van der Waals surface area contributed by atoms with Crippen LogP contribution in [0.4, 0.5) is 0 Å². The summed E-state index contributed by atoms with van der Waals surface area (Å²) < 4.78 is 10.6. The molecular formula is C15H13N3O3. The second kappa shape index (κ2) is 5.62. The number of rotatable bonds is 4. The lowest BCUT2D eigenvalue weighted by Gasteiger charge is -1.99. The van der Waals surface area contributed by atoms with Crippen molar-refractivity contribution >= 4 is 5.97 Å². The van der Waals surface area contributed by atoms with Crippen LogP contribution in [0, 0.1) is 6.92 Å². The number of benzene rings is 1. The van der Waals surface area contributed by atoms with Gasteiger partial charge in [-0.1, -0.05) is 17.7 Å². The van der Waals surface area contributed by atoms with Crippen molar-refractivity contribution in [1.29, 1.82) is 0 Å². The molecule has 0 aliphatic heterocycles. The van der Waals surface area contributed by atoms with Gasteiger partial charge in [0.2, 0.25) is 5.89 Å². The first-order valence-electron chi connectivity index (χ1n) is 6.42. The summed E-state index contributed by atoms with van der Waals surface area (Å²) in [5.74, 6) is 0.200. The van der Waals surface area contributed by atoms with Crippen molar-refractivity contribution in [3.8, 4) is 11.5 Å². The first kappa shape index (κ1) is 13.1. The number of esters is 1. The third-order valence-corrected chi connectivity index (χ3v) is 2.88. The fraction of sp³-hybridized carbons (Fsp3) is 0.133. The number of hydrogen-bond donors (Lipinski definition) is 1. The molecule has 106 valence electrons. The number of nitrogens with zero attached hydrogens (tertiary/aromatic N) is 2. The summed E-state index contributed by atoms with van der Waals surface area (Å²) in [6.07, 6.45) is 1.65. The van der Waals surface area contributed by atoms with E-state index in [2.05, 4.69) is 15.2 Å². The van der Waals surface area contributed by atoms with Crippen LogP contribution in [0.25, 0.3) is 11.5 Å². The topological polar surface area (TPSA) is 81.0 Å². The van der Waals surface area contributed by atoms with E-state index in [1.165, 1.54) is 0 Å². The predicted molar refractivity (Wildman–Crippen MR) is 74.4 cm³/mol. The molecule has 0 spiro atoms. The van der Waals surface area contributed by atoms with Crippen molar-refractivity contribution in [2.24, 2.45) is 0 Å². The molecule has 0 radical (unpaired) electrons. The molecule has 0 fully saturated rings. The van der Waals surface area contributed by atoms with E-state index >= 15 is 0 Å². The van der Waals surface area contributed by atoms with Crippen LogP contribution in [0.5, 0.6) is 0 Å². The minimum Gasteiger partial charge on any atom is -0.451 e. The number of aryl methyl sites for hydroxylation is 1. The Morgan fingerprint density at radius 1 is 1.29 bits per heavy atom. The van der Waals surface area contributed by atoms with E-state index in [1.807, 2.05) is 31.2 Å². The molecule has 6 nitrogen and oxygen atoms in total. The average Bonchev–Trinajstić information content (AvgIpc) is 3.16. The first-order chi connectivity index (χ1) is 10.2. The Kier molecular flexibility index (Phi) is 3.51. The van der Waals surface area contributed by atoms with Crippen molar-refractivity contribution < 1.29 is 13.9 Å². The minimum absolute atomic E-state index is 0.0589. The van der Waals surface area contributed by atoms with Gasteiger partial charge in [-0.2, -0.15) is 0 Å². The van der Waals surface area contributed by atoms with E-state index in [4.69, 9.17) is 9.15 Å². The number of aromatic nitrogens is 3. The Labute approximate surface area is 120 Å². The first-order valence-corrected chi connectivity index (χ1v) is 6.42. The highest BCUT2D eigenvalue weighted by molar-refractivity contribution is 5.87. The summed E-state index contributed by atoms with van der Waals surface area (Å²) in [6, 6.07) is 11.1. The van der Waals surface area contributed by atoms with Crippen LogP contribution in [0.15, 0.2) is 47.0 Å². The maximum Gasteiger partial charge on any atom is 0.355 e. The zero-order chi connectivity index (χ0) is 14.7. The minimum atomic E-state index is -0.463. The monoisotopic (exact) mass is 283 g/mol. The van der Waals surface area contributed by atoms with E-state index < -0.39 is 5.97 Å². The Morgan fingerprint density at radius 2 is 2.19 bits per heavy atom. The van der Waals surface area contributed by atoms with Crippen molar-refractivity contribution in [2.45, 2.75) is 13.5 Å². The van der Waals surface area contributed by atoms with Gasteiger partial charge in [0.1, 0.15) is 5.69 Å². The molecule has 3 aromatic rings. The smallest absolute Gasteiger partial charge is 0.355 e. The molecule has 0 aliphatic rings. The van der Waals surface area contributed by atoms with E-state index in [0.29, 0.717) is 11.6 Å². The maximum absolute atomic E-state index is 11.7. The summed E-state index contributed by atoms with van der Waals surface area (Å²) in [4.78, 5) is 14.4. The number of carbonyl (C=O) groups excluding carboxylic acids is 1. The molecule has 6 heteroatoms. The molecule has 1 N–H and O–H groups in total. The molecule has 0 aliphatic carbocycles. The summed E-state index contributed by atoms with van der Waals surface area (Å²) in [7, 11) is 0. The van der Waals surface area contributed by atoms with Gasteiger partial charge in [0.05, 0.1) is 0 Å². The van der Waals surface area contributed by atoms with Crippen LogP contribution in [-0.2, 0) is 11.3 Å². The molecule has 0 saturated carbocycles. The number of H-pyrrole nitrogens is 1. The molecule has 2 aromatic heterocycles. The third-order valence-electron chi connectivity index (χ3n) is 2.88. The molecule has 0 atom stereocenters. The molecule has 21 heavy (non-hydrogen) atoms. The predicted octanol–water partition coefficient (Wildman–Crippen LogP) is 2.73. The fourth-order valence-corrected chi connectivity index (χ4v) is 1.87. The van der Waals surface area contributed by atoms with Crippen LogP contribution < -0.4 is 0 Å². The lowest BCUT2D eigenvalue weighted by Crippen LogP contribution is -2.05. The molecule has 0 amide bonds. The highest BCUT2D eigenvalue weighted by Gasteiger charge is 2.12. The van der Waals surface area contributed by atoms with Crippen LogP contribution in [-0.4, -0.2) is 21.2 Å². The summed E-state index contributed by atoms with van der Waals surface area (Å²) in [5, 5.41) is 7.82. The summed E-state index contributed by atoms with van der Waals surface area (Å²) in [6.45, 7) is 1.93. The van der Waals surface area contributed by atoms with Crippen molar-refractivity contribution in [2.75, 3.05) is 0 Å². The molecule has 1 aromatic carbocycles. The van der Waals surface area contributed by atoms with Gasteiger partial charge in [0, 0.05) is 11.8 Å². The lowest BCUT2D eigenvalue weighted by atomic mass is 10.1. The standard InChI is InChI=1S/C15H13N3O3/c1-10-4-2-5-11(8-10)14-18-17-13(21-14)9-20-15(19)12-6-3-7-16-12/h2-8,16H,9H2,1H3. The highest BCUT2D eigenvalue weighted by atomic mass is 16.5. The van der Waals surface area contributed by atoms with Crippen molar-refractivity contribution in [3.63, 3.8) is 0 Å². The quantitative estimate of drug-likeness (QED) is 0.744. The second-order valence-corrected chi connectivity index (χ2v) is 4.53. The molecule has 0 saturated heterocycles. The van der Waals surface area contributed by atoms with Gasteiger partial charge in [0.15, 0.2) is 6.61 Å². The van der Waals surface area contributed by atoms with Gasteiger partial charge < -0.3 is 14.1 Å². The summed E-state index contributed by atoms with van der Waals surface area (Å²) in [5.41, 5.74) is 2.32. The van der Waals surface area contributed by atoms with E-state index in [-0.39, 0.29) is 12.5 Å². The van der Waals surface area contributed by atoms with Gasteiger partial charge >= 0.3 is 5.97 Å². The van der Waals surface area contributed by atoms with Gasteiger partial charge in [0.25, 0.3) is 5.89 Å². The average molecular weight is 283 g/mol. The van der Waals surface area contributed by atoms with Crippen molar-refractivity contribution in [1.82, 2.24) is 15.2 Å². The largest absolute Gasteiger partial charge is 0.451 e. The molecule has 2 heterocycles. The van der Waals surface area contributed by atoms with E-state index in [9.17, 15) is 4.79 Å². The maximum atomic E-state index is 11.7. The normalized spacial score (nSPS) is 10.5.